The second-order valence-electron chi connectivity index (χ2n) is 5.07. The monoisotopic (exact) mass is 319 g/mol. The Bertz CT molecular complexity index is 601. The molecule has 22 heavy (non-hydrogen) atoms. The van der Waals surface area contributed by atoms with Crippen molar-refractivity contribution in [1.29, 1.82) is 0 Å². The first kappa shape index (κ1) is 16.5. The van der Waals surface area contributed by atoms with Gasteiger partial charge in [0.1, 0.15) is 5.25 Å². The van der Waals surface area contributed by atoms with Crippen LogP contribution in [0.15, 0.2) is 29.3 Å². The van der Waals surface area contributed by atoms with Gasteiger partial charge in [0, 0.05) is 25.2 Å². The van der Waals surface area contributed by atoms with Crippen LogP contribution in [0.2, 0.25) is 0 Å². The van der Waals surface area contributed by atoms with E-state index in [2.05, 4.69) is 10.3 Å². The molecule has 2 amide bonds. The van der Waals surface area contributed by atoms with E-state index in [9.17, 15) is 9.59 Å². The number of nitrogens with one attached hydrogen (secondary N) is 1. The number of thioether (sulfide) groups is 1. The van der Waals surface area contributed by atoms with E-state index in [1.54, 1.807) is 4.90 Å². The van der Waals surface area contributed by atoms with Crippen molar-refractivity contribution in [3.05, 3.63) is 29.8 Å². The summed E-state index contributed by atoms with van der Waals surface area (Å²) in [5.74, 6) is -0.177. The van der Waals surface area contributed by atoms with Gasteiger partial charge in [-0.3, -0.25) is 19.5 Å². The number of hydrogen-bond acceptors (Lipinski definition) is 4. The minimum atomic E-state index is -0.380. The van der Waals surface area contributed by atoms with Crippen LogP contribution in [-0.4, -0.2) is 40.2 Å². The Morgan fingerprint density at radius 1 is 1.41 bits per heavy atom. The number of carbonyl (C=O) groups is 2. The fourth-order valence-electron chi connectivity index (χ4n) is 2.29. The lowest BCUT2D eigenvalue weighted by Gasteiger charge is -2.13. The lowest BCUT2D eigenvalue weighted by molar-refractivity contribution is -0.128. The van der Waals surface area contributed by atoms with Crippen LogP contribution in [0, 0.1) is 6.92 Å². The molecule has 1 aromatic rings. The number of hydrogen-bond donors (Lipinski definition) is 1. The Morgan fingerprint density at radius 3 is 2.82 bits per heavy atom. The molecule has 1 N–H and O–H groups in total. The molecule has 0 saturated carbocycles. The molecular weight excluding hydrogens is 298 g/mol. The van der Waals surface area contributed by atoms with Crippen LogP contribution in [0.1, 0.15) is 25.8 Å². The minimum absolute atomic E-state index is 0.0286. The minimum Gasteiger partial charge on any atom is -0.326 e. The van der Waals surface area contributed by atoms with Gasteiger partial charge >= 0.3 is 0 Å². The maximum absolute atomic E-state index is 12.3. The predicted molar refractivity (Wildman–Crippen MR) is 91.2 cm³/mol. The number of rotatable bonds is 5. The zero-order valence-electron chi connectivity index (χ0n) is 13.1. The Labute approximate surface area is 135 Å². The number of nitrogens with zero attached hydrogens (tertiary/aromatic N) is 2. The molecule has 5 nitrogen and oxygen atoms in total. The van der Waals surface area contributed by atoms with Crippen molar-refractivity contribution < 1.29 is 9.59 Å². The molecule has 6 heteroatoms. The maximum atomic E-state index is 12.3. The predicted octanol–water partition coefficient (Wildman–Crippen LogP) is 2.66. The topological polar surface area (TPSA) is 61.8 Å². The van der Waals surface area contributed by atoms with E-state index >= 15 is 0 Å². The third-order valence-corrected chi connectivity index (χ3v) is 4.52. The number of anilines is 1. The fourth-order valence-corrected chi connectivity index (χ4v) is 3.56. The van der Waals surface area contributed by atoms with Gasteiger partial charge in [-0.25, -0.2) is 0 Å². The normalized spacial score (nSPS) is 19.8. The highest BCUT2D eigenvalue weighted by Crippen LogP contribution is 2.29. The van der Waals surface area contributed by atoms with Crippen molar-refractivity contribution in [3.8, 4) is 0 Å². The molecule has 1 aliphatic rings. The highest BCUT2D eigenvalue weighted by atomic mass is 32.2. The summed E-state index contributed by atoms with van der Waals surface area (Å²) >= 11 is 1.38. The summed E-state index contributed by atoms with van der Waals surface area (Å²) in [5.41, 5.74) is 1.84. The van der Waals surface area contributed by atoms with Gasteiger partial charge in [-0.05, 0) is 38.5 Å². The summed E-state index contributed by atoms with van der Waals surface area (Å²) in [6.45, 7) is 7.04. The van der Waals surface area contributed by atoms with Gasteiger partial charge in [0.25, 0.3) is 0 Å². The molecular formula is C16H21N3O2S. The zero-order valence-corrected chi connectivity index (χ0v) is 13.9. The standard InChI is InChI=1S/C16H21N3O2S/c1-4-17-16-19(5-2)15(21)13(22-16)10-14(20)18-12-8-6-7-11(3)9-12/h6-9,13H,4-5,10H2,1-3H3,(H,18,20). The molecule has 1 fully saturated rings. The molecule has 1 atom stereocenters. The molecule has 2 rings (SSSR count). The van der Waals surface area contributed by atoms with Gasteiger partial charge in [0.05, 0.1) is 0 Å². The van der Waals surface area contributed by atoms with Crippen LogP contribution in [0.25, 0.3) is 0 Å². The molecule has 1 heterocycles. The second-order valence-corrected chi connectivity index (χ2v) is 6.24. The van der Waals surface area contributed by atoms with Crippen molar-refractivity contribution in [2.45, 2.75) is 32.4 Å². The van der Waals surface area contributed by atoms with Crippen LogP contribution in [0.5, 0.6) is 0 Å². The summed E-state index contributed by atoms with van der Waals surface area (Å²) in [6.07, 6.45) is 0.163. The number of amidine groups is 1. The van der Waals surface area contributed by atoms with E-state index in [1.165, 1.54) is 11.8 Å². The molecule has 0 radical (unpaired) electrons. The quantitative estimate of drug-likeness (QED) is 0.907. The van der Waals surface area contributed by atoms with Gasteiger partial charge in [0.15, 0.2) is 5.17 Å². The van der Waals surface area contributed by atoms with Crippen LogP contribution in [-0.2, 0) is 9.59 Å². The first-order valence-electron chi connectivity index (χ1n) is 7.44. The molecule has 0 bridgehead atoms. The number of amides is 2. The van der Waals surface area contributed by atoms with E-state index in [1.807, 2.05) is 45.0 Å². The Hall–Kier alpha value is -1.82. The van der Waals surface area contributed by atoms with E-state index in [0.29, 0.717) is 13.1 Å². The van der Waals surface area contributed by atoms with Gasteiger partial charge in [-0.2, -0.15) is 0 Å². The van der Waals surface area contributed by atoms with Crippen molar-refractivity contribution in [2.24, 2.45) is 4.99 Å². The van der Waals surface area contributed by atoms with Crippen LogP contribution >= 0.6 is 11.8 Å². The Balaban J connectivity index is 2.00. The lowest BCUT2D eigenvalue weighted by atomic mass is 10.2. The second kappa shape index (κ2) is 7.45. The number of aryl methyl sites for hydroxylation is 1. The largest absolute Gasteiger partial charge is 0.326 e. The van der Waals surface area contributed by atoms with Crippen molar-refractivity contribution in [3.63, 3.8) is 0 Å². The molecule has 118 valence electrons. The average Bonchev–Trinajstić information content (AvgIpc) is 2.75. The highest BCUT2D eigenvalue weighted by molar-refractivity contribution is 8.15. The summed E-state index contributed by atoms with van der Waals surface area (Å²) in [6, 6.07) is 7.62. The van der Waals surface area contributed by atoms with E-state index in [-0.39, 0.29) is 23.5 Å². The smallest absolute Gasteiger partial charge is 0.242 e. The third-order valence-electron chi connectivity index (χ3n) is 3.30. The Kier molecular flexibility index (Phi) is 5.60. The molecule has 0 aliphatic carbocycles. The third kappa shape index (κ3) is 3.88. The SMILES string of the molecule is CCN=C1SC(CC(=O)Nc2cccc(C)c2)C(=O)N1CC. The van der Waals surface area contributed by atoms with Crippen molar-refractivity contribution in [2.75, 3.05) is 18.4 Å². The molecule has 1 saturated heterocycles. The lowest BCUT2D eigenvalue weighted by Crippen LogP contribution is -2.33. The maximum Gasteiger partial charge on any atom is 0.242 e. The van der Waals surface area contributed by atoms with E-state index < -0.39 is 0 Å². The first-order valence-corrected chi connectivity index (χ1v) is 8.32. The molecule has 0 aromatic heterocycles. The van der Waals surface area contributed by atoms with Gasteiger partial charge in [-0.1, -0.05) is 23.9 Å². The fraction of sp³-hybridized carbons (Fsp3) is 0.438. The molecule has 0 spiro atoms. The number of carbonyl (C=O) groups excluding carboxylic acids is 2. The molecule has 1 unspecified atom stereocenters. The Morgan fingerprint density at radius 2 is 2.18 bits per heavy atom. The molecule has 1 aromatic carbocycles. The van der Waals surface area contributed by atoms with E-state index in [0.717, 1.165) is 16.4 Å². The van der Waals surface area contributed by atoms with Gasteiger partial charge in [-0.15, -0.1) is 0 Å². The highest BCUT2D eigenvalue weighted by Gasteiger charge is 2.37. The van der Waals surface area contributed by atoms with E-state index in [4.69, 9.17) is 0 Å². The van der Waals surface area contributed by atoms with Gasteiger partial charge < -0.3 is 5.32 Å². The van der Waals surface area contributed by atoms with Crippen LogP contribution in [0.4, 0.5) is 5.69 Å². The summed E-state index contributed by atoms with van der Waals surface area (Å²) < 4.78 is 0. The number of benzene rings is 1. The van der Waals surface area contributed by atoms with Gasteiger partial charge in [0.2, 0.25) is 11.8 Å². The molecule has 1 aliphatic heterocycles. The van der Waals surface area contributed by atoms with Crippen molar-refractivity contribution in [1.82, 2.24) is 4.90 Å². The first-order chi connectivity index (χ1) is 10.5. The summed E-state index contributed by atoms with van der Waals surface area (Å²) in [7, 11) is 0. The van der Waals surface area contributed by atoms with Crippen LogP contribution in [0.3, 0.4) is 0 Å². The van der Waals surface area contributed by atoms with Crippen molar-refractivity contribution >= 4 is 34.4 Å². The number of aliphatic imine (C=N–C) groups is 1. The average molecular weight is 319 g/mol. The zero-order chi connectivity index (χ0) is 16.1. The van der Waals surface area contributed by atoms with Crippen LogP contribution < -0.4 is 5.32 Å². The summed E-state index contributed by atoms with van der Waals surface area (Å²) in [5, 5.41) is 3.19. The summed E-state index contributed by atoms with van der Waals surface area (Å²) in [4.78, 5) is 30.4.